The predicted octanol–water partition coefficient (Wildman–Crippen LogP) is 4.35. The Bertz CT molecular complexity index is 693. The van der Waals surface area contributed by atoms with Crippen LogP contribution in [0.25, 0.3) is 20.5 Å². The molecular formula is C16H12O2S. The number of rotatable bonds is 2. The lowest BCUT2D eigenvalue weighted by Crippen LogP contribution is -2.00. The van der Waals surface area contributed by atoms with E-state index < -0.39 is 0 Å². The molecule has 0 fully saturated rings. The maximum atomic E-state index is 11.4. The minimum atomic E-state index is -0.303. The van der Waals surface area contributed by atoms with Gasteiger partial charge in [-0.2, -0.15) is 0 Å². The van der Waals surface area contributed by atoms with Gasteiger partial charge in [0.15, 0.2) is 0 Å². The molecule has 0 bridgehead atoms. The van der Waals surface area contributed by atoms with Crippen molar-refractivity contribution in [3.63, 3.8) is 0 Å². The third kappa shape index (κ3) is 2.25. The molecule has 0 aliphatic rings. The molecule has 1 aromatic heterocycles. The Morgan fingerprint density at radius 3 is 2.47 bits per heavy atom. The van der Waals surface area contributed by atoms with Gasteiger partial charge in [-0.15, -0.1) is 11.3 Å². The fourth-order valence-electron chi connectivity index (χ4n) is 2.01. The van der Waals surface area contributed by atoms with E-state index in [1.807, 2.05) is 24.3 Å². The Morgan fingerprint density at radius 2 is 1.79 bits per heavy atom. The van der Waals surface area contributed by atoms with E-state index in [0.717, 1.165) is 5.56 Å². The van der Waals surface area contributed by atoms with Gasteiger partial charge in [0.05, 0.1) is 12.7 Å². The summed E-state index contributed by atoms with van der Waals surface area (Å²) in [6, 6.07) is 18.0. The molecule has 0 aliphatic heterocycles. The van der Waals surface area contributed by atoms with Gasteiger partial charge in [-0.1, -0.05) is 30.3 Å². The number of carbonyl (C=O) groups excluding carboxylic acids is 1. The van der Waals surface area contributed by atoms with E-state index in [-0.39, 0.29) is 5.97 Å². The van der Waals surface area contributed by atoms with Gasteiger partial charge in [0, 0.05) is 9.58 Å². The summed E-state index contributed by atoms with van der Waals surface area (Å²) in [6.07, 6.45) is 0. The highest BCUT2D eigenvalue weighted by Gasteiger charge is 2.07. The molecule has 0 amide bonds. The average Bonchev–Trinajstić information content (AvgIpc) is 2.90. The molecular weight excluding hydrogens is 256 g/mol. The molecule has 0 unspecified atom stereocenters. The van der Waals surface area contributed by atoms with Gasteiger partial charge >= 0.3 is 5.97 Å². The summed E-state index contributed by atoms with van der Waals surface area (Å²) in [4.78, 5) is 12.6. The second kappa shape index (κ2) is 4.86. The highest BCUT2D eigenvalue weighted by molar-refractivity contribution is 7.22. The summed E-state index contributed by atoms with van der Waals surface area (Å²) in [5, 5.41) is 1.25. The topological polar surface area (TPSA) is 26.3 Å². The summed E-state index contributed by atoms with van der Waals surface area (Å²) in [5.41, 5.74) is 1.70. The summed E-state index contributed by atoms with van der Waals surface area (Å²) >= 11 is 1.75. The summed E-state index contributed by atoms with van der Waals surface area (Å²) in [5.74, 6) is -0.303. The van der Waals surface area contributed by atoms with E-state index in [0.29, 0.717) is 5.56 Å². The molecule has 0 radical (unpaired) electrons. The molecule has 0 aliphatic carbocycles. The monoisotopic (exact) mass is 268 g/mol. The van der Waals surface area contributed by atoms with Gasteiger partial charge < -0.3 is 4.74 Å². The molecule has 2 aromatic carbocycles. The van der Waals surface area contributed by atoms with Crippen LogP contribution in [0.1, 0.15) is 10.4 Å². The van der Waals surface area contributed by atoms with Crippen molar-refractivity contribution in [1.82, 2.24) is 0 Å². The van der Waals surface area contributed by atoms with Gasteiger partial charge in [-0.25, -0.2) is 4.79 Å². The van der Waals surface area contributed by atoms with Crippen LogP contribution in [0.4, 0.5) is 0 Å². The average molecular weight is 268 g/mol. The molecule has 3 heteroatoms. The lowest BCUT2D eigenvalue weighted by atomic mass is 10.1. The largest absolute Gasteiger partial charge is 0.465 e. The molecule has 3 aromatic rings. The third-order valence-electron chi connectivity index (χ3n) is 3.02. The van der Waals surface area contributed by atoms with Gasteiger partial charge in [0.25, 0.3) is 0 Å². The van der Waals surface area contributed by atoms with Gasteiger partial charge in [0.1, 0.15) is 0 Å². The Labute approximate surface area is 115 Å². The summed E-state index contributed by atoms with van der Waals surface area (Å²) in [6.45, 7) is 0. The fourth-order valence-corrected chi connectivity index (χ4v) is 3.08. The van der Waals surface area contributed by atoms with E-state index in [1.54, 1.807) is 23.5 Å². The standard InChI is InChI=1S/C16H12O2S/c1-18-16(17)12-8-6-11(7-9-12)15-10-13-4-2-3-5-14(13)19-15/h2-10H,1H3. The fraction of sp³-hybridized carbons (Fsp3) is 0.0625. The van der Waals surface area contributed by atoms with Crippen molar-refractivity contribution >= 4 is 27.4 Å². The molecule has 19 heavy (non-hydrogen) atoms. The van der Waals surface area contributed by atoms with Crippen molar-refractivity contribution in [3.05, 3.63) is 60.2 Å². The summed E-state index contributed by atoms with van der Waals surface area (Å²) < 4.78 is 5.97. The number of esters is 1. The van der Waals surface area contributed by atoms with E-state index >= 15 is 0 Å². The third-order valence-corrected chi connectivity index (χ3v) is 4.18. The molecule has 0 N–H and O–H groups in total. The van der Waals surface area contributed by atoms with Crippen LogP contribution < -0.4 is 0 Å². The van der Waals surface area contributed by atoms with E-state index in [2.05, 4.69) is 18.2 Å². The molecule has 0 saturated heterocycles. The van der Waals surface area contributed by atoms with Gasteiger partial charge in [-0.3, -0.25) is 0 Å². The van der Waals surface area contributed by atoms with Crippen LogP contribution in [0.15, 0.2) is 54.6 Å². The van der Waals surface area contributed by atoms with Crippen LogP contribution >= 0.6 is 11.3 Å². The Kier molecular flexibility index (Phi) is 3.05. The summed E-state index contributed by atoms with van der Waals surface area (Å²) in [7, 11) is 1.39. The number of hydrogen-bond donors (Lipinski definition) is 0. The molecule has 94 valence electrons. The van der Waals surface area contributed by atoms with Crippen LogP contribution in [0.2, 0.25) is 0 Å². The highest BCUT2D eigenvalue weighted by atomic mass is 32.1. The Balaban J connectivity index is 1.99. The van der Waals surface area contributed by atoms with Crippen molar-refractivity contribution in [3.8, 4) is 10.4 Å². The van der Waals surface area contributed by atoms with Crippen LogP contribution in [-0.4, -0.2) is 13.1 Å². The van der Waals surface area contributed by atoms with Crippen molar-refractivity contribution in [2.24, 2.45) is 0 Å². The lowest BCUT2D eigenvalue weighted by molar-refractivity contribution is 0.0601. The van der Waals surface area contributed by atoms with E-state index in [4.69, 9.17) is 4.74 Å². The van der Waals surface area contributed by atoms with E-state index in [1.165, 1.54) is 22.1 Å². The second-order valence-corrected chi connectivity index (χ2v) is 5.30. The molecule has 0 saturated carbocycles. The Morgan fingerprint density at radius 1 is 1.05 bits per heavy atom. The minimum Gasteiger partial charge on any atom is -0.465 e. The number of hydrogen-bond acceptors (Lipinski definition) is 3. The zero-order valence-electron chi connectivity index (χ0n) is 10.4. The van der Waals surface area contributed by atoms with Crippen molar-refractivity contribution in [2.45, 2.75) is 0 Å². The molecule has 0 atom stereocenters. The Hall–Kier alpha value is -2.13. The maximum Gasteiger partial charge on any atom is 0.337 e. The van der Waals surface area contributed by atoms with Crippen LogP contribution in [0.3, 0.4) is 0 Å². The maximum absolute atomic E-state index is 11.4. The number of ether oxygens (including phenoxy) is 1. The van der Waals surface area contributed by atoms with Gasteiger partial charge in [0.2, 0.25) is 0 Å². The van der Waals surface area contributed by atoms with E-state index in [9.17, 15) is 4.79 Å². The van der Waals surface area contributed by atoms with Crippen molar-refractivity contribution in [2.75, 3.05) is 7.11 Å². The first-order valence-electron chi connectivity index (χ1n) is 5.95. The first-order valence-corrected chi connectivity index (χ1v) is 6.77. The van der Waals surface area contributed by atoms with Crippen molar-refractivity contribution < 1.29 is 9.53 Å². The first-order chi connectivity index (χ1) is 9.28. The van der Waals surface area contributed by atoms with Gasteiger partial charge in [-0.05, 0) is 35.2 Å². The molecule has 0 spiro atoms. The predicted molar refractivity (Wildman–Crippen MR) is 78.6 cm³/mol. The van der Waals surface area contributed by atoms with Crippen LogP contribution in [0.5, 0.6) is 0 Å². The van der Waals surface area contributed by atoms with Crippen molar-refractivity contribution in [1.29, 1.82) is 0 Å². The molecule has 2 nitrogen and oxygen atoms in total. The smallest absolute Gasteiger partial charge is 0.337 e. The lowest BCUT2D eigenvalue weighted by Gasteiger charge is -2.00. The zero-order chi connectivity index (χ0) is 13.2. The second-order valence-electron chi connectivity index (χ2n) is 4.22. The number of thiophene rings is 1. The normalized spacial score (nSPS) is 10.6. The number of carbonyl (C=O) groups is 1. The quantitative estimate of drug-likeness (QED) is 0.646. The number of fused-ring (bicyclic) bond motifs is 1. The minimum absolute atomic E-state index is 0.303. The van der Waals surface area contributed by atoms with Crippen LogP contribution in [0, 0.1) is 0 Å². The molecule has 3 rings (SSSR count). The zero-order valence-corrected chi connectivity index (χ0v) is 11.2. The highest BCUT2D eigenvalue weighted by Crippen LogP contribution is 2.33. The molecule has 1 heterocycles. The number of methoxy groups -OCH3 is 1. The number of benzene rings is 2. The first kappa shape index (κ1) is 11.9. The van der Waals surface area contributed by atoms with Crippen LogP contribution in [-0.2, 0) is 4.74 Å². The SMILES string of the molecule is COC(=O)c1ccc(-c2cc3ccccc3s2)cc1.